The summed E-state index contributed by atoms with van der Waals surface area (Å²) in [5.41, 5.74) is 1.12. The van der Waals surface area contributed by atoms with Crippen molar-refractivity contribution >= 4 is 27.5 Å². The fraction of sp³-hybridized carbons (Fsp3) is 0.297. The molecule has 260 valence electrons. The van der Waals surface area contributed by atoms with E-state index in [0.717, 1.165) is 9.87 Å². The Morgan fingerprint density at radius 3 is 2.16 bits per heavy atom. The second kappa shape index (κ2) is 17.3. The molecule has 4 aromatic rings. The lowest BCUT2D eigenvalue weighted by Gasteiger charge is -2.34. The number of halogens is 1. The first kappa shape index (κ1) is 36.7. The summed E-state index contributed by atoms with van der Waals surface area (Å²) in [5.74, 6) is -0.701. The van der Waals surface area contributed by atoms with Crippen molar-refractivity contribution in [3.05, 3.63) is 114 Å². The Morgan fingerprint density at radius 2 is 1.53 bits per heavy atom. The third-order valence-corrected chi connectivity index (χ3v) is 9.55. The SMILES string of the molecule is CCCNC(=O)[C@H](Cc1ccccc1)N(Cc1ccccc1F)C(=O)CN(c1ccc(OCC)cc1)S(=O)(=O)c1ccc(OC)c(OC)c1. The molecule has 0 unspecified atom stereocenters. The second-order valence-electron chi connectivity index (χ2n) is 11.1. The average molecular weight is 692 g/mol. The van der Waals surface area contributed by atoms with Crippen molar-refractivity contribution in [3.8, 4) is 17.2 Å². The first-order chi connectivity index (χ1) is 23.6. The van der Waals surface area contributed by atoms with Gasteiger partial charge in [-0.25, -0.2) is 12.8 Å². The molecule has 0 saturated heterocycles. The summed E-state index contributed by atoms with van der Waals surface area (Å²) in [6.07, 6.45) is 0.766. The van der Waals surface area contributed by atoms with Crippen LogP contribution in [-0.4, -0.2) is 65.1 Å². The van der Waals surface area contributed by atoms with Crippen LogP contribution >= 0.6 is 0 Å². The van der Waals surface area contributed by atoms with E-state index in [1.165, 1.54) is 67.7 Å². The number of sulfonamides is 1. The number of carbonyl (C=O) groups is 2. The zero-order valence-electron chi connectivity index (χ0n) is 28.1. The maximum absolute atomic E-state index is 15.1. The minimum atomic E-state index is -4.43. The van der Waals surface area contributed by atoms with Crippen LogP contribution in [0, 0.1) is 5.82 Å². The van der Waals surface area contributed by atoms with E-state index in [1.807, 2.05) is 44.2 Å². The minimum absolute atomic E-state index is 0.113. The summed E-state index contributed by atoms with van der Waals surface area (Å²) in [6.45, 7) is 3.51. The monoisotopic (exact) mass is 691 g/mol. The Hall–Kier alpha value is -5.10. The standard InChI is InChI=1S/C37H42FN3O7S/c1-5-22-39-37(43)33(23-27-12-8-7-9-13-27)40(25-28-14-10-11-15-32(28)38)36(42)26-41(29-16-18-30(19-17-29)48-6-2)49(44,45)31-20-21-34(46-3)35(24-31)47-4/h7-21,24,33H,5-6,22-23,25-26H2,1-4H3,(H,39,43)/t33-/m0/s1. The number of nitrogens with one attached hydrogen (secondary N) is 1. The molecule has 12 heteroatoms. The van der Waals surface area contributed by atoms with Crippen molar-refractivity contribution in [2.75, 3.05) is 38.2 Å². The first-order valence-electron chi connectivity index (χ1n) is 15.9. The molecule has 0 fully saturated rings. The third kappa shape index (κ3) is 9.29. The smallest absolute Gasteiger partial charge is 0.264 e. The van der Waals surface area contributed by atoms with Gasteiger partial charge in [-0.15, -0.1) is 0 Å². The second-order valence-corrected chi connectivity index (χ2v) is 12.9. The number of amides is 2. The van der Waals surface area contributed by atoms with Gasteiger partial charge in [0.2, 0.25) is 11.8 Å². The van der Waals surface area contributed by atoms with E-state index >= 15 is 4.39 Å². The molecule has 0 aliphatic heterocycles. The van der Waals surface area contributed by atoms with Gasteiger partial charge in [0, 0.05) is 31.1 Å². The number of benzene rings is 4. The van der Waals surface area contributed by atoms with Gasteiger partial charge in [-0.1, -0.05) is 55.5 Å². The number of hydrogen-bond acceptors (Lipinski definition) is 7. The zero-order valence-corrected chi connectivity index (χ0v) is 28.9. The van der Waals surface area contributed by atoms with E-state index in [0.29, 0.717) is 31.1 Å². The molecule has 0 radical (unpaired) electrons. The molecule has 0 aliphatic rings. The molecule has 1 N–H and O–H groups in total. The summed E-state index contributed by atoms with van der Waals surface area (Å²) >= 11 is 0. The Labute approximate surface area is 287 Å². The van der Waals surface area contributed by atoms with E-state index in [1.54, 1.807) is 18.2 Å². The molecular weight excluding hydrogens is 649 g/mol. The van der Waals surface area contributed by atoms with Crippen LogP contribution in [0.25, 0.3) is 0 Å². The fourth-order valence-corrected chi connectivity index (χ4v) is 6.67. The number of nitrogens with zero attached hydrogens (tertiary/aromatic N) is 2. The van der Waals surface area contributed by atoms with Crippen LogP contribution in [0.15, 0.2) is 102 Å². The van der Waals surface area contributed by atoms with Gasteiger partial charge in [-0.2, -0.15) is 0 Å². The molecule has 49 heavy (non-hydrogen) atoms. The van der Waals surface area contributed by atoms with Crippen LogP contribution in [0.2, 0.25) is 0 Å². The van der Waals surface area contributed by atoms with E-state index < -0.39 is 40.2 Å². The van der Waals surface area contributed by atoms with E-state index in [4.69, 9.17) is 14.2 Å². The topological polar surface area (TPSA) is 114 Å². The van der Waals surface area contributed by atoms with E-state index in [2.05, 4.69) is 5.32 Å². The van der Waals surface area contributed by atoms with Gasteiger partial charge >= 0.3 is 0 Å². The van der Waals surface area contributed by atoms with E-state index in [-0.39, 0.29) is 34.9 Å². The first-order valence-corrected chi connectivity index (χ1v) is 17.4. The van der Waals surface area contributed by atoms with Crippen LogP contribution in [0.5, 0.6) is 17.2 Å². The Kier molecular flexibility index (Phi) is 13.0. The predicted octanol–water partition coefficient (Wildman–Crippen LogP) is 5.60. The number of ether oxygens (including phenoxy) is 3. The van der Waals surface area contributed by atoms with Gasteiger partial charge in [0.25, 0.3) is 10.0 Å². The van der Waals surface area contributed by atoms with Crippen molar-refractivity contribution < 1.29 is 36.6 Å². The van der Waals surface area contributed by atoms with Crippen molar-refractivity contribution in [3.63, 3.8) is 0 Å². The molecule has 4 aromatic carbocycles. The Morgan fingerprint density at radius 1 is 0.857 bits per heavy atom. The van der Waals surface area contributed by atoms with Gasteiger partial charge in [0.15, 0.2) is 11.5 Å². The Bertz CT molecular complexity index is 1800. The number of methoxy groups -OCH3 is 2. The number of hydrogen-bond donors (Lipinski definition) is 1. The molecule has 4 rings (SSSR count). The molecule has 0 heterocycles. The highest BCUT2D eigenvalue weighted by Crippen LogP contribution is 2.33. The fourth-order valence-electron chi connectivity index (χ4n) is 5.24. The molecule has 0 aliphatic carbocycles. The summed E-state index contributed by atoms with van der Waals surface area (Å²) in [7, 11) is -1.61. The highest BCUT2D eigenvalue weighted by molar-refractivity contribution is 7.92. The minimum Gasteiger partial charge on any atom is -0.494 e. The normalized spacial score (nSPS) is 11.7. The summed E-state index contributed by atoms with van der Waals surface area (Å²) in [5, 5.41) is 2.87. The number of rotatable bonds is 17. The lowest BCUT2D eigenvalue weighted by Crippen LogP contribution is -2.53. The summed E-state index contributed by atoms with van der Waals surface area (Å²) in [4.78, 5) is 29.4. The van der Waals surface area contributed by atoms with Gasteiger partial charge in [0.1, 0.15) is 24.2 Å². The predicted molar refractivity (Wildman–Crippen MR) is 186 cm³/mol. The van der Waals surface area contributed by atoms with Crippen molar-refractivity contribution in [1.29, 1.82) is 0 Å². The number of anilines is 1. The number of carbonyl (C=O) groups excluding carboxylic acids is 2. The molecule has 0 aromatic heterocycles. The van der Waals surface area contributed by atoms with E-state index in [9.17, 15) is 18.0 Å². The highest BCUT2D eigenvalue weighted by Gasteiger charge is 2.35. The van der Waals surface area contributed by atoms with Gasteiger partial charge in [-0.3, -0.25) is 13.9 Å². The van der Waals surface area contributed by atoms with Crippen molar-refractivity contribution in [2.24, 2.45) is 0 Å². The lowest BCUT2D eigenvalue weighted by atomic mass is 10.0. The summed E-state index contributed by atoms with van der Waals surface area (Å²) in [6, 6.07) is 24.4. The molecule has 0 bridgehead atoms. The molecule has 10 nitrogen and oxygen atoms in total. The van der Waals surface area contributed by atoms with Crippen LogP contribution in [0.3, 0.4) is 0 Å². The third-order valence-electron chi connectivity index (χ3n) is 7.78. The average Bonchev–Trinajstić information content (AvgIpc) is 3.12. The van der Waals surface area contributed by atoms with Crippen LogP contribution in [0.4, 0.5) is 10.1 Å². The molecular formula is C37H42FN3O7S. The van der Waals surface area contributed by atoms with Crippen LogP contribution < -0.4 is 23.8 Å². The molecule has 2 amide bonds. The zero-order chi connectivity index (χ0) is 35.4. The van der Waals surface area contributed by atoms with Crippen LogP contribution in [-0.2, 0) is 32.6 Å². The Balaban J connectivity index is 1.83. The van der Waals surface area contributed by atoms with Crippen molar-refractivity contribution in [2.45, 2.75) is 44.2 Å². The van der Waals surface area contributed by atoms with Gasteiger partial charge < -0.3 is 24.4 Å². The van der Waals surface area contributed by atoms with Crippen molar-refractivity contribution in [1.82, 2.24) is 10.2 Å². The quantitative estimate of drug-likeness (QED) is 0.153. The molecule has 1 atom stereocenters. The maximum atomic E-state index is 15.1. The maximum Gasteiger partial charge on any atom is 0.264 e. The lowest BCUT2D eigenvalue weighted by molar-refractivity contribution is -0.140. The van der Waals surface area contributed by atoms with Gasteiger partial charge in [0.05, 0.1) is 31.4 Å². The highest BCUT2D eigenvalue weighted by atomic mass is 32.2. The molecule has 0 saturated carbocycles. The largest absolute Gasteiger partial charge is 0.494 e. The molecule has 0 spiro atoms. The van der Waals surface area contributed by atoms with Gasteiger partial charge in [-0.05, 0) is 61.4 Å². The van der Waals surface area contributed by atoms with Crippen LogP contribution in [0.1, 0.15) is 31.4 Å². The summed E-state index contributed by atoms with van der Waals surface area (Å²) < 4.78 is 61.1.